The van der Waals surface area contributed by atoms with Gasteiger partial charge in [-0.25, -0.2) is 0 Å². The highest BCUT2D eigenvalue weighted by Gasteiger charge is 2.23. The first-order valence-electron chi connectivity index (χ1n) is 6.43. The number of nitrogens with zero attached hydrogens (tertiary/aromatic N) is 1. The van der Waals surface area contributed by atoms with Gasteiger partial charge in [-0.05, 0) is 30.6 Å². The Morgan fingerprint density at radius 1 is 1.31 bits per heavy atom. The summed E-state index contributed by atoms with van der Waals surface area (Å²) in [6.07, 6.45) is 2.58. The zero-order valence-corrected chi connectivity index (χ0v) is 10.8. The molecular weight excluding hydrogens is 202 g/mol. The summed E-state index contributed by atoms with van der Waals surface area (Å²) in [5.41, 5.74) is 0. The number of aliphatic hydroxyl groups excluding tert-OH is 1. The van der Waals surface area contributed by atoms with Crippen molar-refractivity contribution in [3.05, 3.63) is 0 Å². The minimum absolute atomic E-state index is 0.268. The lowest BCUT2D eigenvalue weighted by Crippen LogP contribution is -2.40. The van der Waals surface area contributed by atoms with Crippen molar-refractivity contribution in [2.75, 3.05) is 19.7 Å². The Hall–Kier alpha value is -0.570. The van der Waals surface area contributed by atoms with Gasteiger partial charge < -0.3 is 10.0 Å². The van der Waals surface area contributed by atoms with Crippen molar-refractivity contribution >= 4 is 5.91 Å². The average Bonchev–Trinajstić information content (AvgIpc) is 2.28. The van der Waals surface area contributed by atoms with E-state index >= 15 is 0 Å². The van der Waals surface area contributed by atoms with Gasteiger partial charge in [0.1, 0.15) is 0 Å². The molecule has 0 radical (unpaired) electrons. The molecule has 1 saturated heterocycles. The Bertz CT molecular complexity index is 220. The van der Waals surface area contributed by atoms with Crippen LogP contribution in [0.5, 0.6) is 0 Å². The summed E-state index contributed by atoms with van der Waals surface area (Å²) in [7, 11) is 0. The molecule has 0 aromatic rings. The second kappa shape index (κ2) is 6.24. The second-order valence-electron chi connectivity index (χ2n) is 5.43. The highest BCUT2D eigenvalue weighted by Crippen LogP contribution is 2.20. The third-order valence-electron chi connectivity index (χ3n) is 3.86. The molecule has 1 heterocycles. The van der Waals surface area contributed by atoms with Crippen LogP contribution in [0.2, 0.25) is 0 Å². The van der Waals surface area contributed by atoms with Crippen LogP contribution >= 0.6 is 0 Å². The van der Waals surface area contributed by atoms with Crippen LogP contribution in [0.3, 0.4) is 0 Å². The Morgan fingerprint density at radius 3 is 2.31 bits per heavy atom. The molecule has 0 spiro atoms. The Kier molecular flexibility index (Phi) is 5.26. The fraction of sp³-hybridized carbons (Fsp3) is 0.923. The molecule has 0 aliphatic carbocycles. The standard InChI is InChI=1S/C13H25NO2/c1-10(2)11(3)8-13(16)14-6-4-12(9-15)5-7-14/h10-12,15H,4-9H2,1-3H3. The Morgan fingerprint density at radius 2 is 1.88 bits per heavy atom. The third kappa shape index (κ3) is 3.78. The van der Waals surface area contributed by atoms with Crippen molar-refractivity contribution in [2.24, 2.45) is 17.8 Å². The topological polar surface area (TPSA) is 40.5 Å². The maximum atomic E-state index is 12.0. The minimum atomic E-state index is 0.268. The number of piperidine rings is 1. The molecule has 0 aromatic heterocycles. The highest BCUT2D eigenvalue weighted by molar-refractivity contribution is 5.76. The number of hydrogen-bond acceptors (Lipinski definition) is 2. The molecule has 1 aliphatic rings. The quantitative estimate of drug-likeness (QED) is 0.797. The van der Waals surface area contributed by atoms with Gasteiger partial charge in [-0.15, -0.1) is 0 Å². The summed E-state index contributed by atoms with van der Waals surface area (Å²) in [5, 5.41) is 9.03. The van der Waals surface area contributed by atoms with E-state index < -0.39 is 0 Å². The van der Waals surface area contributed by atoms with Gasteiger partial charge in [0.15, 0.2) is 0 Å². The molecule has 94 valence electrons. The van der Waals surface area contributed by atoms with Crippen LogP contribution in [0.25, 0.3) is 0 Å². The van der Waals surface area contributed by atoms with E-state index in [1.807, 2.05) is 4.90 Å². The van der Waals surface area contributed by atoms with Crippen LogP contribution in [-0.4, -0.2) is 35.6 Å². The van der Waals surface area contributed by atoms with E-state index in [4.69, 9.17) is 5.11 Å². The molecule has 0 aromatic carbocycles. The number of aliphatic hydroxyl groups is 1. The fourth-order valence-electron chi connectivity index (χ4n) is 2.01. The molecule has 1 aliphatic heterocycles. The summed E-state index contributed by atoms with van der Waals surface area (Å²) >= 11 is 0. The predicted octanol–water partition coefficient (Wildman–Crippen LogP) is 1.90. The van der Waals surface area contributed by atoms with E-state index in [1.165, 1.54) is 0 Å². The summed E-state index contributed by atoms with van der Waals surface area (Å²) < 4.78 is 0. The van der Waals surface area contributed by atoms with Gasteiger partial charge in [-0.1, -0.05) is 20.8 Å². The van der Waals surface area contributed by atoms with Crippen LogP contribution in [0.15, 0.2) is 0 Å². The maximum Gasteiger partial charge on any atom is 0.222 e. The first kappa shape index (κ1) is 13.5. The zero-order valence-electron chi connectivity index (χ0n) is 10.8. The van der Waals surface area contributed by atoms with E-state index in [-0.39, 0.29) is 12.5 Å². The molecule has 1 rings (SSSR count). The van der Waals surface area contributed by atoms with Gasteiger partial charge >= 0.3 is 0 Å². The minimum Gasteiger partial charge on any atom is -0.396 e. The summed E-state index contributed by atoms with van der Waals surface area (Å²) in [5.74, 6) is 1.73. The summed E-state index contributed by atoms with van der Waals surface area (Å²) in [6, 6.07) is 0. The largest absolute Gasteiger partial charge is 0.396 e. The third-order valence-corrected chi connectivity index (χ3v) is 3.86. The van der Waals surface area contributed by atoms with Crippen molar-refractivity contribution < 1.29 is 9.90 Å². The molecule has 1 N–H and O–H groups in total. The average molecular weight is 227 g/mol. The molecule has 1 fully saturated rings. The Labute approximate surface area is 98.8 Å². The van der Waals surface area contributed by atoms with E-state index in [1.54, 1.807) is 0 Å². The lowest BCUT2D eigenvalue weighted by atomic mass is 9.93. The van der Waals surface area contributed by atoms with Crippen LogP contribution in [-0.2, 0) is 4.79 Å². The van der Waals surface area contributed by atoms with Gasteiger partial charge in [0.05, 0.1) is 0 Å². The Balaban J connectivity index is 2.33. The van der Waals surface area contributed by atoms with E-state index in [0.29, 0.717) is 24.2 Å². The molecule has 0 saturated carbocycles. The smallest absolute Gasteiger partial charge is 0.222 e. The maximum absolute atomic E-state index is 12.0. The highest BCUT2D eigenvalue weighted by atomic mass is 16.3. The SMILES string of the molecule is CC(C)C(C)CC(=O)N1CCC(CO)CC1. The van der Waals surface area contributed by atoms with E-state index in [2.05, 4.69) is 20.8 Å². The van der Waals surface area contributed by atoms with Gasteiger partial charge in [-0.2, -0.15) is 0 Å². The van der Waals surface area contributed by atoms with Crippen LogP contribution in [0.1, 0.15) is 40.0 Å². The summed E-state index contributed by atoms with van der Waals surface area (Å²) in [4.78, 5) is 13.9. The number of carbonyl (C=O) groups excluding carboxylic acids is 1. The number of hydrogen-bond donors (Lipinski definition) is 1. The molecule has 1 atom stereocenters. The van der Waals surface area contributed by atoms with Crippen LogP contribution in [0.4, 0.5) is 0 Å². The zero-order chi connectivity index (χ0) is 12.1. The first-order valence-corrected chi connectivity index (χ1v) is 6.43. The van der Waals surface area contributed by atoms with E-state index in [9.17, 15) is 4.79 Å². The molecule has 3 heteroatoms. The van der Waals surface area contributed by atoms with Gasteiger partial charge in [0, 0.05) is 26.1 Å². The molecule has 3 nitrogen and oxygen atoms in total. The molecule has 1 amide bonds. The van der Waals surface area contributed by atoms with Gasteiger partial charge in [-0.3, -0.25) is 4.79 Å². The summed E-state index contributed by atoms with van der Waals surface area (Å²) in [6.45, 7) is 8.39. The van der Waals surface area contributed by atoms with Crippen molar-refractivity contribution in [1.82, 2.24) is 4.90 Å². The van der Waals surface area contributed by atoms with Crippen LogP contribution in [0, 0.1) is 17.8 Å². The lowest BCUT2D eigenvalue weighted by molar-refractivity contribution is -0.134. The number of carbonyl (C=O) groups is 1. The molecule has 1 unspecified atom stereocenters. The monoisotopic (exact) mass is 227 g/mol. The molecular formula is C13H25NO2. The van der Waals surface area contributed by atoms with Gasteiger partial charge in [0.2, 0.25) is 5.91 Å². The first-order chi connectivity index (χ1) is 7.54. The molecule has 0 bridgehead atoms. The van der Waals surface area contributed by atoms with Crippen LogP contribution < -0.4 is 0 Å². The number of amides is 1. The second-order valence-corrected chi connectivity index (χ2v) is 5.43. The van der Waals surface area contributed by atoms with E-state index in [0.717, 1.165) is 25.9 Å². The predicted molar refractivity (Wildman–Crippen MR) is 65.0 cm³/mol. The fourth-order valence-corrected chi connectivity index (χ4v) is 2.01. The van der Waals surface area contributed by atoms with Crippen molar-refractivity contribution in [2.45, 2.75) is 40.0 Å². The molecule has 16 heavy (non-hydrogen) atoms. The van der Waals surface area contributed by atoms with Crippen molar-refractivity contribution in [3.63, 3.8) is 0 Å². The number of rotatable bonds is 4. The van der Waals surface area contributed by atoms with Crippen molar-refractivity contribution in [3.8, 4) is 0 Å². The normalized spacial score (nSPS) is 20.2. The number of likely N-dealkylation sites (tertiary alicyclic amines) is 1. The van der Waals surface area contributed by atoms with Gasteiger partial charge in [0.25, 0.3) is 0 Å². The lowest BCUT2D eigenvalue weighted by Gasteiger charge is -2.32. The van der Waals surface area contributed by atoms with Crippen molar-refractivity contribution in [1.29, 1.82) is 0 Å².